The third-order valence-electron chi connectivity index (χ3n) is 3.78. The Morgan fingerprint density at radius 1 is 1.08 bits per heavy atom. The molecule has 24 heavy (non-hydrogen) atoms. The number of benzene rings is 2. The molecular weight excluding hydrogens is 324 g/mol. The van der Waals surface area contributed by atoms with E-state index in [0.29, 0.717) is 11.5 Å². The fraction of sp³-hybridized carbons (Fsp3) is 0.278. The second-order valence-corrected chi connectivity index (χ2v) is 7.76. The third-order valence-corrected chi connectivity index (χ3v) is 4.91. The summed E-state index contributed by atoms with van der Waals surface area (Å²) < 4.78 is 28.6. The van der Waals surface area contributed by atoms with Gasteiger partial charge in [-0.2, -0.15) is 0 Å². The van der Waals surface area contributed by atoms with Crippen molar-refractivity contribution in [3.05, 3.63) is 59.7 Å². The minimum Gasteiger partial charge on any atom is -0.489 e. The van der Waals surface area contributed by atoms with E-state index in [1.54, 1.807) is 24.3 Å². The SMILES string of the molecule is CS(=O)(=O)c1ccc(COc2ccc(C3=NCCCN3)cc2)cc1. The highest BCUT2D eigenvalue weighted by atomic mass is 32.2. The highest BCUT2D eigenvalue weighted by Crippen LogP contribution is 2.16. The van der Waals surface area contributed by atoms with Crippen LogP contribution in [0.15, 0.2) is 58.4 Å². The Bertz CT molecular complexity index is 826. The molecule has 5 nitrogen and oxygen atoms in total. The summed E-state index contributed by atoms with van der Waals surface area (Å²) >= 11 is 0. The van der Waals surface area contributed by atoms with E-state index in [0.717, 1.165) is 42.2 Å². The van der Waals surface area contributed by atoms with Crippen molar-refractivity contribution in [2.75, 3.05) is 19.3 Å². The van der Waals surface area contributed by atoms with Gasteiger partial charge in [0.25, 0.3) is 0 Å². The smallest absolute Gasteiger partial charge is 0.175 e. The highest BCUT2D eigenvalue weighted by Gasteiger charge is 2.08. The van der Waals surface area contributed by atoms with Crippen LogP contribution in [-0.2, 0) is 16.4 Å². The van der Waals surface area contributed by atoms with Gasteiger partial charge in [-0.25, -0.2) is 8.42 Å². The first-order valence-corrected chi connectivity index (χ1v) is 9.72. The Kier molecular flexibility index (Phi) is 4.85. The minimum absolute atomic E-state index is 0.316. The van der Waals surface area contributed by atoms with Gasteiger partial charge < -0.3 is 10.1 Å². The molecule has 1 aliphatic rings. The summed E-state index contributed by atoms with van der Waals surface area (Å²) in [6.45, 7) is 2.22. The second-order valence-electron chi connectivity index (χ2n) is 5.74. The Hall–Kier alpha value is -2.34. The van der Waals surface area contributed by atoms with Gasteiger partial charge in [0.2, 0.25) is 0 Å². The fourth-order valence-electron chi connectivity index (χ4n) is 2.43. The van der Waals surface area contributed by atoms with Gasteiger partial charge >= 0.3 is 0 Å². The van der Waals surface area contributed by atoms with E-state index in [9.17, 15) is 8.42 Å². The largest absolute Gasteiger partial charge is 0.489 e. The summed E-state index contributed by atoms with van der Waals surface area (Å²) in [5.74, 6) is 1.70. The number of ether oxygens (including phenoxy) is 1. The quantitative estimate of drug-likeness (QED) is 0.904. The van der Waals surface area contributed by atoms with E-state index in [2.05, 4.69) is 10.3 Å². The van der Waals surface area contributed by atoms with E-state index >= 15 is 0 Å². The van der Waals surface area contributed by atoms with Gasteiger partial charge in [0.15, 0.2) is 9.84 Å². The molecule has 1 heterocycles. The lowest BCUT2D eigenvalue weighted by atomic mass is 10.1. The molecule has 0 aliphatic carbocycles. The summed E-state index contributed by atoms with van der Waals surface area (Å²) in [6.07, 6.45) is 2.27. The average molecular weight is 344 g/mol. The van der Waals surface area contributed by atoms with Crippen LogP contribution in [0.3, 0.4) is 0 Å². The number of aliphatic imine (C=N–C) groups is 1. The van der Waals surface area contributed by atoms with E-state index < -0.39 is 9.84 Å². The zero-order valence-corrected chi connectivity index (χ0v) is 14.3. The van der Waals surface area contributed by atoms with E-state index in [-0.39, 0.29) is 0 Å². The molecular formula is C18H20N2O3S. The zero-order valence-electron chi connectivity index (χ0n) is 13.5. The summed E-state index contributed by atoms with van der Waals surface area (Å²) in [5.41, 5.74) is 1.98. The first-order valence-electron chi connectivity index (χ1n) is 7.83. The number of amidine groups is 1. The molecule has 0 atom stereocenters. The van der Waals surface area contributed by atoms with Crippen molar-refractivity contribution in [2.45, 2.75) is 17.9 Å². The molecule has 0 unspecified atom stereocenters. The lowest BCUT2D eigenvalue weighted by molar-refractivity contribution is 0.306. The Morgan fingerprint density at radius 2 is 1.79 bits per heavy atom. The van der Waals surface area contributed by atoms with Crippen LogP contribution in [0.5, 0.6) is 5.75 Å². The van der Waals surface area contributed by atoms with Crippen LogP contribution in [0.25, 0.3) is 0 Å². The van der Waals surface area contributed by atoms with Crippen molar-refractivity contribution in [3.8, 4) is 5.75 Å². The molecule has 0 fully saturated rings. The summed E-state index contributed by atoms with van der Waals surface area (Å²) in [5, 5.41) is 3.29. The van der Waals surface area contributed by atoms with E-state index in [1.807, 2.05) is 24.3 Å². The van der Waals surface area contributed by atoms with E-state index in [4.69, 9.17) is 4.74 Å². The van der Waals surface area contributed by atoms with Crippen LogP contribution < -0.4 is 10.1 Å². The number of rotatable bonds is 5. The van der Waals surface area contributed by atoms with Crippen molar-refractivity contribution in [3.63, 3.8) is 0 Å². The Labute approximate surface area is 142 Å². The van der Waals surface area contributed by atoms with Gasteiger partial charge in [-0.05, 0) is 48.4 Å². The van der Waals surface area contributed by atoms with Crippen molar-refractivity contribution >= 4 is 15.7 Å². The number of hydrogen-bond acceptors (Lipinski definition) is 5. The molecule has 126 valence electrons. The maximum absolute atomic E-state index is 11.4. The molecule has 3 rings (SSSR count). The number of hydrogen-bond donors (Lipinski definition) is 1. The van der Waals surface area contributed by atoms with Gasteiger partial charge in [0.05, 0.1) is 4.90 Å². The number of nitrogens with one attached hydrogen (secondary N) is 1. The van der Waals surface area contributed by atoms with Gasteiger partial charge in [-0.3, -0.25) is 4.99 Å². The molecule has 1 N–H and O–H groups in total. The van der Waals surface area contributed by atoms with Gasteiger partial charge in [-0.1, -0.05) is 12.1 Å². The maximum Gasteiger partial charge on any atom is 0.175 e. The van der Waals surface area contributed by atoms with Crippen LogP contribution in [0.1, 0.15) is 17.5 Å². The number of nitrogens with zero attached hydrogens (tertiary/aromatic N) is 1. The summed E-state index contributed by atoms with van der Waals surface area (Å²) in [4.78, 5) is 4.78. The van der Waals surface area contributed by atoms with Crippen LogP contribution in [-0.4, -0.2) is 33.6 Å². The Morgan fingerprint density at radius 3 is 2.38 bits per heavy atom. The van der Waals surface area contributed by atoms with Crippen molar-refractivity contribution < 1.29 is 13.2 Å². The second kappa shape index (κ2) is 7.05. The molecule has 6 heteroatoms. The molecule has 0 aromatic heterocycles. The molecule has 1 aliphatic heterocycles. The van der Waals surface area contributed by atoms with Crippen LogP contribution >= 0.6 is 0 Å². The van der Waals surface area contributed by atoms with Crippen molar-refractivity contribution in [2.24, 2.45) is 4.99 Å². The molecule has 0 saturated carbocycles. The standard InChI is InChI=1S/C18H20N2O3S/c1-24(21,22)17-9-3-14(4-10-17)13-23-16-7-5-15(6-8-16)18-19-11-2-12-20-18/h3-10H,2,11-13H2,1H3,(H,19,20). The predicted octanol–water partition coefficient (Wildman–Crippen LogP) is 2.41. The Balaban J connectivity index is 1.61. The zero-order chi connectivity index (χ0) is 17.0. The van der Waals surface area contributed by atoms with E-state index in [1.165, 1.54) is 6.26 Å². The number of sulfone groups is 1. The van der Waals surface area contributed by atoms with Crippen LogP contribution in [0, 0.1) is 0 Å². The highest BCUT2D eigenvalue weighted by molar-refractivity contribution is 7.90. The average Bonchev–Trinajstić information content (AvgIpc) is 2.61. The van der Waals surface area contributed by atoms with Crippen molar-refractivity contribution in [1.29, 1.82) is 0 Å². The lowest BCUT2D eigenvalue weighted by Gasteiger charge is -2.15. The maximum atomic E-state index is 11.4. The van der Waals surface area contributed by atoms with Gasteiger partial charge in [0.1, 0.15) is 18.2 Å². The summed E-state index contributed by atoms with van der Waals surface area (Å²) in [6, 6.07) is 14.5. The molecule has 0 spiro atoms. The molecule has 0 radical (unpaired) electrons. The minimum atomic E-state index is -3.16. The monoisotopic (exact) mass is 344 g/mol. The predicted molar refractivity (Wildman–Crippen MR) is 94.3 cm³/mol. The molecule has 0 amide bonds. The van der Waals surface area contributed by atoms with Crippen LogP contribution in [0.4, 0.5) is 0 Å². The van der Waals surface area contributed by atoms with Gasteiger partial charge in [0, 0.05) is 24.9 Å². The van der Waals surface area contributed by atoms with Crippen molar-refractivity contribution in [1.82, 2.24) is 5.32 Å². The molecule has 0 bridgehead atoms. The molecule has 0 saturated heterocycles. The summed E-state index contributed by atoms with van der Waals surface area (Å²) in [7, 11) is -3.16. The fourth-order valence-corrected chi connectivity index (χ4v) is 3.06. The van der Waals surface area contributed by atoms with Gasteiger partial charge in [-0.15, -0.1) is 0 Å². The molecule has 2 aromatic carbocycles. The first kappa shape index (κ1) is 16.5. The normalized spacial score (nSPS) is 14.6. The first-order chi connectivity index (χ1) is 11.5. The van der Waals surface area contributed by atoms with Crippen LogP contribution in [0.2, 0.25) is 0 Å². The molecule has 2 aromatic rings. The topological polar surface area (TPSA) is 67.8 Å². The third kappa shape index (κ3) is 4.14. The lowest BCUT2D eigenvalue weighted by Crippen LogP contribution is -2.30.